The Morgan fingerprint density at radius 3 is 2.29 bits per heavy atom. The second-order valence-corrected chi connectivity index (χ2v) is 4.89. The highest BCUT2D eigenvalue weighted by Gasteiger charge is 1.94. The lowest BCUT2D eigenvalue weighted by Gasteiger charge is -1.99. The predicted octanol–water partition coefficient (Wildman–Crippen LogP) is 4.75. The molecule has 0 aliphatic carbocycles. The molecule has 0 atom stereocenters. The van der Waals surface area contributed by atoms with Crippen molar-refractivity contribution in [2.24, 2.45) is 0 Å². The van der Waals surface area contributed by atoms with Crippen molar-refractivity contribution >= 4 is 17.7 Å². The number of nitrogens with one attached hydrogen (secondary N) is 1. The van der Waals surface area contributed by atoms with Crippen molar-refractivity contribution in [3.8, 4) is 0 Å². The number of hydrogen-bond donors (Lipinski definition) is 2. The van der Waals surface area contributed by atoms with E-state index in [1.165, 1.54) is 5.56 Å². The molecule has 0 heterocycles. The molecule has 0 aliphatic heterocycles. The van der Waals surface area contributed by atoms with E-state index in [1.807, 2.05) is 48.5 Å². The molecule has 0 fully saturated rings. The molecule has 0 aliphatic rings. The van der Waals surface area contributed by atoms with E-state index in [0.717, 1.165) is 23.4 Å². The van der Waals surface area contributed by atoms with Crippen molar-refractivity contribution < 1.29 is 9.90 Å². The molecular formula is C17H20ClNO2. The Hall–Kier alpha value is -2.00. The average molecular weight is 306 g/mol. The average Bonchev–Trinajstić information content (AvgIpc) is 2.49. The summed E-state index contributed by atoms with van der Waals surface area (Å²) in [5.74, 6) is 0. The van der Waals surface area contributed by atoms with Crippen molar-refractivity contribution in [2.75, 3.05) is 0 Å². The predicted molar refractivity (Wildman–Crippen MR) is 86.8 cm³/mol. The van der Waals surface area contributed by atoms with Crippen LogP contribution in [0.3, 0.4) is 0 Å². The molecule has 0 saturated carbocycles. The van der Waals surface area contributed by atoms with Crippen LogP contribution >= 0.6 is 11.6 Å². The molecule has 0 saturated heterocycles. The summed E-state index contributed by atoms with van der Waals surface area (Å²) >= 11 is 5.90. The highest BCUT2D eigenvalue weighted by molar-refractivity contribution is 6.31. The van der Waals surface area contributed by atoms with Crippen LogP contribution in [0.4, 0.5) is 4.79 Å². The van der Waals surface area contributed by atoms with Gasteiger partial charge in [0.1, 0.15) is 0 Å². The van der Waals surface area contributed by atoms with Crippen molar-refractivity contribution in [1.82, 2.24) is 5.32 Å². The van der Waals surface area contributed by atoms with E-state index in [-0.39, 0.29) is 0 Å². The maximum absolute atomic E-state index is 10.1. The summed E-state index contributed by atoms with van der Waals surface area (Å²) in [6.45, 7) is 2.53. The monoisotopic (exact) mass is 305 g/mol. The van der Waals surface area contributed by atoms with Crippen molar-refractivity contribution in [3.63, 3.8) is 0 Å². The van der Waals surface area contributed by atoms with E-state index in [4.69, 9.17) is 16.7 Å². The Labute approximate surface area is 130 Å². The topological polar surface area (TPSA) is 49.3 Å². The van der Waals surface area contributed by atoms with Gasteiger partial charge in [-0.05, 0) is 23.6 Å². The first-order valence-electron chi connectivity index (χ1n) is 6.87. The van der Waals surface area contributed by atoms with Crippen LogP contribution in [0.5, 0.6) is 0 Å². The summed E-state index contributed by atoms with van der Waals surface area (Å²) in [5, 5.41) is 11.4. The lowest BCUT2D eigenvalue weighted by Crippen LogP contribution is -2.19. The molecular weight excluding hydrogens is 286 g/mol. The molecule has 0 spiro atoms. The first-order valence-corrected chi connectivity index (χ1v) is 7.25. The molecule has 1 amide bonds. The van der Waals surface area contributed by atoms with E-state index in [2.05, 4.69) is 18.3 Å². The Morgan fingerprint density at radius 1 is 1.10 bits per heavy atom. The highest BCUT2D eigenvalue weighted by atomic mass is 35.5. The molecule has 0 unspecified atom stereocenters. The number of aryl methyl sites for hydroxylation is 1. The van der Waals surface area contributed by atoms with Gasteiger partial charge >= 0.3 is 6.09 Å². The Balaban J connectivity index is 0.000000211. The maximum atomic E-state index is 10.1. The zero-order valence-electron chi connectivity index (χ0n) is 12.1. The number of hydrogen-bond acceptors (Lipinski definition) is 1. The van der Waals surface area contributed by atoms with Gasteiger partial charge in [-0.2, -0.15) is 0 Å². The number of amides is 1. The third-order valence-electron chi connectivity index (χ3n) is 2.76. The van der Waals surface area contributed by atoms with Gasteiger partial charge in [0.15, 0.2) is 0 Å². The van der Waals surface area contributed by atoms with Crippen molar-refractivity contribution in [1.29, 1.82) is 0 Å². The van der Waals surface area contributed by atoms with Gasteiger partial charge < -0.3 is 10.4 Å². The summed E-state index contributed by atoms with van der Waals surface area (Å²) in [6, 6.07) is 17.4. The normalized spacial score (nSPS) is 9.43. The van der Waals surface area contributed by atoms with Crippen LogP contribution in [0.1, 0.15) is 24.5 Å². The minimum absolute atomic E-state index is 0.371. The number of rotatable bonds is 4. The van der Waals surface area contributed by atoms with Gasteiger partial charge in [-0.3, -0.25) is 0 Å². The minimum Gasteiger partial charge on any atom is -0.465 e. The van der Waals surface area contributed by atoms with Crippen LogP contribution in [0.25, 0.3) is 0 Å². The molecule has 112 valence electrons. The quantitative estimate of drug-likeness (QED) is 0.856. The fraction of sp³-hybridized carbons (Fsp3) is 0.235. The SMILES string of the molecule is CCCc1ccccc1Cl.O=C(O)NCc1ccccc1. The molecule has 0 radical (unpaired) electrons. The second kappa shape index (κ2) is 9.83. The van der Waals surface area contributed by atoms with Crippen LogP contribution in [-0.4, -0.2) is 11.2 Å². The van der Waals surface area contributed by atoms with E-state index in [9.17, 15) is 4.79 Å². The Kier molecular flexibility index (Phi) is 7.99. The largest absolute Gasteiger partial charge is 0.465 e. The molecule has 0 aromatic heterocycles. The van der Waals surface area contributed by atoms with Gasteiger partial charge in [0, 0.05) is 11.6 Å². The van der Waals surface area contributed by atoms with Crippen LogP contribution in [0.2, 0.25) is 5.02 Å². The standard InChI is InChI=1S/C9H11Cl.C8H9NO2/c1-2-5-8-6-3-4-7-9(8)10;10-8(11)9-6-7-4-2-1-3-5-7/h3-4,6-7H,2,5H2,1H3;1-5,9H,6H2,(H,10,11). The Morgan fingerprint density at radius 2 is 1.71 bits per heavy atom. The molecule has 21 heavy (non-hydrogen) atoms. The third-order valence-corrected chi connectivity index (χ3v) is 3.13. The van der Waals surface area contributed by atoms with E-state index in [1.54, 1.807) is 0 Å². The van der Waals surface area contributed by atoms with E-state index < -0.39 is 6.09 Å². The first kappa shape index (κ1) is 17.1. The van der Waals surface area contributed by atoms with Crippen molar-refractivity contribution in [3.05, 3.63) is 70.7 Å². The fourth-order valence-corrected chi connectivity index (χ4v) is 1.97. The van der Waals surface area contributed by atoms with E-state index >= 15 is 0 Å². The number of carbonyl (C=O) groups is 1. The van der Waals surface area contributed by atoms with Gasteiger partial charge in [0.05, 0.1) is 0 Å². The van der Waals surface area contributed by atoms with Crippen LogP contribution in [0.15, 0.2) is 54.6 Å². The molecule has 2 rings (SSSR count). The van der Waals surface area contributed by atoms with Crippen LogP contribution in [0, 0.1) is 0 Å². The number of halogens is 1. The molecule has 2 aromatic rings. The van der Waals surface area contributed by atoms with Gasteiger partial charge in [0.25, 0.3) is 0 Å². The number of carboxylic acid groups (broad SMARTS) is 1. The van der Waals surface area contributed by atoms with Gasteiger partial charge in [-0.1, -0.05) is 73.5 Å². The van der Waals surface area contributed by atoms with Gasteiger partial charge in [0.2, 0.25) is 0 Å². The van der Waals surface area contributed by atoms with Gasteiger partial charge in [-0.15, -0.1) is 0 Å². The summed E-state index contributed by atoms with van der Waals surface area (Å²) in [6.07, 6.45) is 1.25. The maximum Gasteiger partial charge on any atom is 0.404 e. The van der Waals surface area contributed by atoms with Crippen LogP contribution < -0.4 is 5.32 Å². The fourth-order valence-electron chi connectivity index (χ4n) is 1.74. The second-order valence-electron chi connectivity index (χ2n) is 4.49. The lowest BCUT2D eigenvalue weighted by atomic mass is 10.1. The molecule has 2 N–H and O–H groups in total. The lowest BCUT2D eigenvalue weighted by molar-refractivity contribution is 0.194. The summed E-state index contributed by atoms with van der Waals surface area (Å²) < 4.78 is 0. The zero-order chi connectivity index (χ0) is 15.5. The van der Waals surface area contributed by atoms with Gasteiger partial charge in [-0.25, -0.2) is 4.79 Å². The first-order chi connectivity index (χ1) is 10.1. The smallest absolute Gasteiger partial charge is 0.404 e. The molecule has 4 heteroatoms. The molecule has 0 bridgehead atoms. The molecule has 3 nitrogen and oxygen atoms in total. The minimum atomic E-state index is -0.992. The summed E-state index contributed by atoms with van der Waals surface area (Å²) in [5.41, 5.74) is 2.22. The van der Waals surface area contributed by atoms with Crippen LogP contribution in [-0.2, 0) is 13.0 Å². The zero-order valence-corrected chi connectivity index (χ0v) is 12.8. The summed E-state index contributed by atoms with van der Waals surface area (Å²) in [4.78, 5) is 10.1. The van der Waals surface area contributed by atoms with E-state index in [0.29, 0.717) is 6.54 Å². The summed E-state index contributed by atoms with van der Waals surface area (Å²) in [7, 11) is 0. The molecule has 2 aromatic carbocycles. The number of benzene rings is 2. The third kappa shape index (κ3) is 7.37. The highest BCUT2D eigenvalue weighted by Crippen LogP contribution is 2.15. The van der Waals surface area contributed by atoms with Crippen molar-refractivity contribution in [2.45, 2.75) is 26.3 Å². The Bertz CT molecular complexity index is 543.